The van der Waals surface area contributed by atoms with E-state index in [1.165, 1.54) is 4.90 Å². The fourth-order valence-corrected chi connectivity index (χ4v) is 3.92. The maximum absolute atomic E-state index is 13.8. The Morgan fingerprint density at radius 2 is 2.03 bits per heavy atom. The molecule has 34 heavy (non-hydrogen) atoms. The molecule has 1 aliphatic heterocycles. The van der Waals surface area contributed by atoms with E-state index in [0.29, 0.717) is 0 Å². The zero-order chi connectivity index (χ0) is 47.1. The van der Waals surface area contributed by atoms with E-state index in [1.54, 1.807) is 4.90 Å². The summed E-state index contributed by atoms with van der Waals surface area (Å²) in [4.78, 5) is 15.5. The van der Waals surface area contributed by atoms with Crippen molar-refractivity contribution in [3.8, 4) is 0 Å². The van der Waals surface area contributed by atoms with Crippen LogP contribution in [0.15, 0.2) is 24.2 Å². The number of carbonyl (C=O) groups is 1. The smallest absolute Gasteiger partial charge is 0.221 e. The van der Waals surface area contributed by atoms with Crippen molar-refractivity contribution in [2.24, 2.45) is 5.89 Å². The van der Waals surface area contributed by atoms with Gasteiger partial charge in [-0.15, -0.1) is 24.6 Å². The molecule has 1 amide bonds. The summed E-state index contributed by atoms with van der Waals surface area (Å²) in [5.41, 5.74) is -5.44. The summed E-state index contributed by atoms with van der Waals surface area (Å²) in [6.45, 7) is -7.11. The van der Waals surface area contributed by atoms with Crippen LogP contribution in [0.3, 0.4) is 0 Å². The lowest BCUT2D eigenvalue weighted by atomic mass is 9.91. The summed E-state index contributed by atoms with van der Waals surface area (Å²) in [7, 11) is -6.23. The first-order chi connectivity index (χ1) is 26.4. The van der Waals surface area contributed by atoms with Gasteiger partial charge in [0.05, 0.1) is 9.82 Å². The van der Waals surface area contributed by atoms with Gasteiger partial charge in [0.2, 0.25) is 15.9 Å². The van der Waals surface area contributed by atoms with Crippen molar-refractivity contribution in [1.29, 1.82) is 2.35 Å². The first-order valence-electron chi connectivity index (χ1n) is 22.0. The third-order valence-electron chi connectivity index (χ3n) is 4.66. The molecule has 0 atom stereocenters. The number of anilines is 2. The number of nitrogens with one attached hydrogen (secondary N) is 1. The monoisotopic (exact) mass is 561 g/mol. The van der Waals surface area contributed by atoms with E-state index in [9.17, 15) is 13.2 Å². The number of carbonyl (C=O) groups excluding carboxylic acids is 1. The molecule has 1 saturated heterocycles. The molecular weight excluding hydrogens is 495 g/mol. The molecular formula is C24H42Cl2N4O3S. The zero-order valence-electron chi connectivity index (χ0n) is 42.9. The predicted molar refractivity (Wildman–Crippen MR) is 146 cm³/mol. The van der Waals surface area contributed by atoms with Crippen molar-refractivity contribution in [3.63, 3.8) is 0 Å². The van der Waals surface area contributed by atoms with Crippen molar-refractivity contribution < 1.29 is 44.8 Å². The van der Waals surface area contributed by atoms with E-state index in [4.69, 9.17) is 33.9 Å². The van der Waals surface area contributed by atoms with Gasteiger partial charge < -0.3 is 10.2 Å². The molecule has 0 radical (unpaired) electrons. The molecule has 1 heterocycles. The van der Waals surface area contributed by atoms with E-state index in [0.717, 1.165) is 6.07 Å². The third-order valence-corrected chi connectivity index (χ3v) is 5.89. The number of piperazine rings is 1. The fraction of sp³-hybridized carbons (Fsp3) is 0.708. The molecule has 196 valence electrons. The second-order valence-corrected chi connectivity index (χ2v) is 8.48. The molecule has 3 rings (SSSR count). The zero-order valence-corrected chi connectivity index (χ0v) is 20.2. The van der Waals surface area contributed by atoms with Crippen molar-refractivity contribution in [2.75, 3.05) is 62.2 Å². The summed E-state index contributed by atoms with van der Waals surface area (Å²) < 4.78 is 222. The van der Waals surface area contributed by atoms with Crippen molar-refractivity contribution in [1.82, 2.24) is 9.21 Å². The van der Waals surface area contributed by atoms with E-state index < -0.39 is 102 Å². The molecule has 0 unspecified atom stereocenters. The molecule has 1 aliphatic carbocycles. The van der Waals surface area contributed by atoms with Crippen LogP contribution in [-0.4, -0.2) is 77.8 Å². The average Bonchev–Trinajstić information content (AvgIpc) is 3.10. The number of nitrogens with zero attached hydrogens (tertiary/aromatic N) is 3. The van der Waals surface area contributed by atoms with Crippen LogP contribution in [-0.2, 0) is 14.8 Å². The Hall–Kier alpha value is -1.06. The highest BCUT2D eigenvalue weighted by molar-refractivity contribution is 7.89. The lowest BCUT2D eigenvalue weighted by Gasteiger charge is -2.36. The van der Waals surface area contributed by atoms with E-state index in [2.05, 4.69) is 24.6 Å². The summed E-state index contributed by atoms with van der Waals surface area (Å²) in [6, 6.07) is -0.536. The highest BCUT2D eigenvalue weighted by Gasteiger charge is 2.24. The first kappa shape index (κ1) is 10.0. The Morgan fingerprint density at radius 1 is 1.29 bits per heavy atom. The lowest BCUT2D eigenvalue weighted by Crippen LogP contribution is -2.46. The second kappa shape index (κ2) is 15.1. The Morgan fingerprint density at radius 3 is 2.71 bits per heavy atom. The van der Waals surface area contributed by atoms with E-state index in [1.807, 2.05) is 0 Å². The molecule has 7 nitrogen and oxygen atoms in total. The average molecular weight is 563 g/mol. The number of rotatable bonds is 10. The van der Waals surface area contributed by atoms with E-state index in [-0.39, 0.29) is 62.6 Å². The Balaban J connectivity index is 0.00000421. The number of benzene rings is 1. The standard InChI is InChI=1S/C24H40N4O3S.2ClH/c1-21(29)25-23-11-8-12-24(19-23)28-17-15-27(16-18-28)14-7-6-13-26(2)32(30,31)20-22-9-4-3-5-10-22;;/h8,11-12,19,22H,3-7,9-10,13-18,20H2,1-2H3,(H,25,29);2*1H/i1D3,2D3,3D2,4D2,5D2,9D2,10D2,11D,12D,19D,20D2,22D;;/hD3. The van der Waals surface area contributed by atoms with Crippen LogP contribution in [0.1, 0.15) is 81.7 Å². The van der Waals surface area contributed by atoms with Crippen LogP contribution in [0.2, 0.25) is 1.41 Å². The lowest BCUT2D eigenvalue weighted by molar-refractivity contribution is -0.114. The van der Waals surface area contributed by atoms with Crippen LogP contribution >= 0.6 is 24.6 Å². The van der Waals surface area contributed by atoms with Gasteiger partial charge in [0.1, 0.15) is 2.35 Å². The molecule has 10 heteroatoms. The van der Waals surface area contributed by atoms with Crippen LogP contribution in [0.5, 0.6) is 0 Å². The number of unbranched alkanes of at least 4 members (excludes halogenated alkanes) is 1. The topological polar surface area (TPSA) is 73.0 Å². The molecule has 1 N–H and O–H groups in total. The van der Waals surface area contributed by atoms with Gasteiger partial charge in [-0.25, -0.2) is 12.7 Å². The highest BCUT2D eigenvalue weighted by Crippen LogP contribution is 2.25. The van der Waals surface area contributed by atoms with Gasteiger partial charge in [-0.1, -0.05) is 25.2 Å². The molecule has 0 bridgehead atoms. The third kappa shape index (κ3) is 9.90. The van der Waals surface area contributed by atoms with Gasteiger partial charge >= 0.3 is 0 Å². The van der Waals surface area contributed by atoms with Crippen molar-refractivity contribution >= 4 is 52.0 Å². The summed E-state index contributed by atoms with van der Waals surface area (Å²) in [5.74, 6) is -6.30. The number of hydrogen-bond donors (Lipinski definition) is 1. The van der Waals surface area contributed by atoms with Gasteiger partial charge in [0.25, 0.3) is 0 Å². The van der Waals surface area contributed by atoms with Crippen LogP contribution in [0, 0.1) is 5.89 Å². The minimum Gasteiger partial charge on any atom is -0.369 e. The fourth-order valence-electron chi connectivity index (χ4n) is 3.08. The quantitative estimate of drug-likeness (QED) is 0.432. The Bertz CT molecular complexity index is 1730. The number of hydrogen-bond acceptors (Lipinski definition) is 5. The van der Waals surface area contributed by atoms with Crippen LogP contribution < -0.4 is 10.2 Å². The molecule has 0 spiro atoms. The van der Waals surface area contributed by atoms with Gasteiger partial charge in [-0.2, -0.15) is 0 Å². The molecule has 2 aliphatic rings. The van der Waals surface area contributed by atoms with Crippen molar-refractivity contribution in [2.45, 2.75) is 51.6 Å². The Labute approximate surface area is 253 Å². The minimum atomic E-state index is -6.23. The Kier molecular flexibility index (Phi) is 4.46. The minimum absolute atomic E-state index is 0.0280. The highest BCUT2D eigenvalue weighted by atomic mass is 35.5. The predicted octanol–water partition coefficient (Wildman–Crippen LogP) is 4.23. The van der Waals surface area contributed by atoms with Gasteiger partial charge in [-0.3, -0.25) is 9.69 Å². The van der Waals surface area contributed by atoms with E-state index >= 15 is 0 Å². The largest absolute Gasteiger partial charge is 0.369 e. The maximum Gasteiger partial charge on any atom is 0.221 e. The second-order valence-electron chi connectivity index (χ2n) is 6.89. The summed E-state index contributed by atoms with van der Waals surface area (Å²) in [5, 5.41) is -0.0772. The van der Waals surface area contributed by atoms with Gasteiger partial charge in [0.15, 0.2) is 1.41 Å². The molecule has 1 saturated carbocycles. The van der Waals surface area contributed by atoms with Crippen molar-refractivity contribution in [3.05, 3.63) is 24.2 Å². The number of amides is 1. The van der Waals surface area contributed by atoms with Crippen LogP contribution in [0.4, 0.5) is 11.4 Å². The summed E-state index contributed by atoms with van der Waals surface area (Å²) >= 11 is 7.78. The molecule has 1 aromatic carbocycles. The normalized spacial score (nSPS) is 37.5. The summed E-state index contributed by atoms with van der Waals surface area (Å²) in [6.07, 6.45) is -21.7. The maximum atomic E-state index is 13.8. The van der Waals surface area contributed by atoms with Gasteiger partial charge in [0, 0.05) is 84.0 Å². The number of halogens is 2. The number of sulfonamides is 1. The van der Waals surface area contributed by atoms with Gasteiger partial charge in [-0.05, 0) is 56.2 Å². The van der Waals surface area contributed by atoms with Crippen LogP contribution in [0.25, 0.3) is 0 Å². The molecule has 0 aromatic heterocycles. The first-order valence-corrected chi connectivity index (χ1v) is 11.2. The molecule has 2 fully saturated rings. The molecule has 1 aromatic rings. The SMILES string of the molecule is [2H]Cl.[2H]Cl.[2H]c1cc([2H])c(N([2H])C(=O)C([2H])([2H])[2H])c([2H])c1N1CCN(CCCCN(C([2H])([2H])[2H])S(=O)(=O)C([2H])([2H])C2([2H])C([2H])([2H])C([2H])([2H])C([2H])([2H])C([2H])([2H])C2([2H])[2H])CC1.